The Balaban J connectivity index is 2.00. The van der Waals surface area contributed by atoms with E-state index in [0.717, 1.165) is 34.1 Å². The van der Waals surface area contributed by atoms with E-state index in [9.17, 15) is 13.2 Å². The summed E-state index contributed by atoms with van der Waals surface area (Å²) in [6.07, 6.45) is 1.48. The van der Waals surface area contributed by atoms with Crippen LogP contribution in [0.2, 0.25) is 0 Å². The zero-order valence-electron chi connectivity index (χ0n) is 19.9. The lowest BCUT2D eigenvalue weighted by atomic mass is 9.97. The third-order valence-electron chi connectivity index (χ3n) is 5.90. The van der Waals surface area contributed by atoms with Gasteiger partial charge in [0.05, 0.1) is 18.0 Å². The highest BCUT2D eigenvalue weighted by molar-refractivity contribution is 7.92. The van der Waals surface area contributed by atoms with Crippen LogP contribution in [-0.2, 0) is 14.8 Å². The van der Waals surface area contributed by atoms with Crippen molar-refractivity contribution in [3.63, 3.8) is 0 Å². The number of rotatable bonds is 8. The number of carbonyl (C=O) groups excluding carboxylic acids is 1. The molecule has 174 valence electrons. The third-order valence-corrected chi connectivity index (χ3v) is 7.08. The molecule has 33 heavy (non-hydrogen) atoms. The van der Waals surface area contributed by atoms with E-state index in [1.165, 1.54) is 4.31 Å². The Morgan fingerprint density at radius 3 is 2.03 bits per heavy atom. The normalized spacial score (nSPS) is 13.2. The molecule has 0 bridgehead atoms. The first kappa shape index (κ1) is 24.5. The summed E-state index contributed by atoms with van der Waals surface area (Å²) in [5.41, 5.74) is 5.52. The number of sulfonamides is 1. The molecule has 3 rings (SSSR count). The summed E-state index contributed by atoms with van der Waals surface area (Å²) in [7, 11) is -3.70. The van der Waals surface area contributed by atoms with E-state index in [1.807, 2.05) is 94.4 Å². The predicted molar refractivity (Wildman–Crippen MR) is 135 cm³/mol. The van der Waals surface area contributed by atoms with Crippen LogP contribution in [0.4, 0.5) is 5.69 Å². The smallest absolute Gasteiger partial charge is 0.244 e. The van der Waals surface area contributed by atoms with Gasteiger partial charge in [0.15, 0.2) is 0 Å². The molecule has 1 N–H and O–H groups in total. The lowest BCUT2D eigenvalue weighted by molar-refractivity contribution is -0.122. The highest BCUT2D eigenvalue weighted by atomic mass is 32.2. The number of nitrogens with one attached hydrogen (secondary N) is 1. The van der Waals surface area contributed by atoms with Crippen molar-refractivity contribution in [2.45, 2.75) is 46.2 Å². The molecule has 6 heteroatoms. The van der Waals surface area contributed by atoms with Crippen molar-refractivity contribution < 1.29 is 13.2 Å². The molecule has 0 aliphatic heterocycles. The number of hydrogen-bond donors (Lipinski definition) is 1. The zero-order chi connectivity index (χ0) is 24.2. The van der Waals surface area contributed by atoms with Crippen LogP contribution >= 0.6 is 0 Å². The van der Waals surface area contributed by atoms with Gasteiger partial charge in [0.2, 0.25) is 15.9 Å². The molecular formula is C27H32N2O3S. The van der Waals surface area contributed by atoms with Gasteiger partial charge in [-0.2, -0.15) is 0 Å². The number of carbonyl (C=O) groups is 1. The predicted octanol–water partition coefficient (Wildman–Crippen LogP) is 5.06. The Hall–Kier alpha value is -3.12. The molecule has 1 amide bonds. The number of aryl methyl sites for hydroxylation is 3. The van der Waals surface area contributed by atoms with Crippen LogP contribution in [0, 0.1) is 20.8 Å². The van der Waals surface area contributed by atoms with E-state index in [4.69, 9.17) is 0 Å². The molecule has 0 unspecified atom stereocenters. The quantitative estimate of drug-likeness (QED) is 0.507. The Bertz CT molecular complexity index is 1210. The first-order valence-electron chi connectivity index (χ1n) is 11.1. The van der Waals surface area contributed by atoms with Crippen LogP contribution < -0.4 is 9.62 Å². The average Bonchev–Trinajstić information content (AvgIpc) is 2.78. The highest BCUT2D eigenvalue weighted by Crippen LogP contribution is 2.27. The van der Waals surface area contributed by atoms with E-state index in [2.05, 4.69) is 5.32 Å². The number of benzene rings is 3. The van der Waals surface area contributed by atoms with E-state index < -0.39 is 22.1 Å². The number of amides is 1. The van der Waals surface area contributed by atoms with Crippen molar-refractivity contribution >= 4 is 21.6 Å². The number of anilines is 1. The monoisotopic (exact) mass is 464 g/mol. The summed E-state index contributed by atoms with van der Waals surface area (Å²) in [4.78, 5) is 13.6. The zero-order valence-corrected chi connectivity index (χ0v) is 20.7. The van der Waals surface area contributed by atoms with Crippen LogP contribution in [-0.4, -0.2) is 26.6 Å². The summed E-state index contributed by atoms with van der Waals surface area (Å²) < 4.78 is 26.9. The highest BCUT2D eigenvalue weighted by Gasteiger charge is 2.33. The molecular weight excluding hydrogens is 432 g/mol. The van der Waals surface area contributed by atoms with Crippen molar-refractivity contribution in [1.29, 1.82) is 0 Å². The van der Waals surface area contributed by atoms with E-state index >= 15 is 0 Å². The van der Waals surface area contributed by atoms with Crippen molar-refractivity contribution in [1.82, 2.24) is 5.32 Å². The Kier molecular flexibility index (Phi) is 7.59. The molecule has 2 atom stereocenters. The molecule has 3 aromatic rings. The van der Waals surface area contributed by atoms with Crippen LogP contribution in [0.15, 0.2) is 72.8 Å². The van der Waals surface area contributed by atoms with Gasteiger partial charge in [-0.25, -0.2) is 8.42 Å². The first-order valence-corrected chi connectivity index (χ1v) is 12.9. The van der Waals surface area contributed by atoms with Gasteiger partial charge in [-0.15, -0.1) is 0 Å². The van der Waals surface area contributed by atoms with Gasteiger partial charge in [0.1, 0.15) is 6.04 Å². The van der Waals surface area contributed by atoms with Crippen molar-refractivity contribution in [3.05, 3.63) is 101 Å². The molecule has 0 fully saturated rings. The van der Waals surface area contributed by atoms with Crippen LogP contribution in [0.5, 0.6) is 0 Å². The fourth-order valence-electron chi connectivity index (χ4n) is 3.92. The molecule has 0 aliphatic rings. The largest absolute Gasteiger partial charge is 0.343 e. The van der Waals surface area contributed by atoms with Crippen LogP contribution in [0.3, 0.4) is 0 Å². The standard InChI is InChI=1S/C27H32N2O3S/c1-6-25(29(33(5,31)32)24-17-14-20(3)21(4)18-24)27(30)28-26(22-10-8-7-9-11-22)23-15-12-19(2)13-16-23/h7-18,25-26H,6H2,1-5H3,(H,28,30)/t25-,26+/m0/s1. The maximum atomic E-state index is 13.6. The first-order chi connectivity index (χ1) is 15.6. The van der Waals surface area contributed by atoms with Crippen LogP contribution in [0.25, 0.3) is 0 Å². The summed E-state index contributed by atoms with van der Waals surface area (Å²) in [5, 5.41) is 3.12. The average molecular weight is 465 g/mol. The number of nitrogens with zero attached hydrogens (tertiary/aromatic N) is 1. The minimum atomic E-state index is -3.70. The maximum Gasteiger partial charge on any atom is 0.244 e. The Morgan fingerprint density at radius 1 is 0.879 bits per heavy atom. The second-order valence-corrected chi connectivity index (χ2v) is 10.4. The summed E-state index contributed by atoms with van der Waals surface area (Å²) in [6.45, 7) is 7.75. The second-order valence-electron chi connectivity index (χ2n) is 8.51. The van der Waals surface area contributed by atoms with Gasteiger partial charge in [-0.3, -0.25) is 9.10 Å². The van der Waals surface area contributed by atoms with Gasteiger partial charge >= 0.3 is 0 Å². The Labute approximate surface area is 197 Å². The molecule has 0 aliphatic carbocycles. The lowest BCUT2D eigenvalue weighted by Crippen LogP contribution is -2.50. The molecule has 0 heterocycles. The molecule has 0 aromatic heterocycles. The molecule has 3 aromatic carbocycles. The summed E-state index contributed by atoms with van der Waals surface area (Å²) in [6, 6.07) is 21.9. The summed E-state index contributed by atoms with van der Waals surface area (Å²) in [5.74, 6) is -0.337. The van der Waals surface area contributed by atoms with Crippen molar-refractivity contribution in [2.24, 2.45) is 0 Å². The SMILES string of the molecule is CC[C@@H](C(=O)N[C@H](c1ccccc1)c1ccc(C)cc1)N(c1ccc(C)c(C)c1)S(C)(=O)=O. The van der Waals surface area contributed by atoms with Crippen LogP contribution in [0.1, 0.15) is 47.2 Å². The van der Waals surface area contributed by atoms with Gasteiger partial charge in [-0.1, -0.05) is 73.2 Å². The molecule has 0 radical (unpaired) electrons. The van der Waals surface area contributed by atoms with E-state index in [-0.39, 0.29) is 5.91 Å². The Morgan fingerprint density at radius 2 is 1.48 bits per heavy atom. The molecule has 0 saturated carbocycles. The maximum absolute atomic E-state index is 13.6. The fraction of sp³-hybridized carbons (Fsp3) is 0.296. The van der Waals surface area contributed by atoms with Crippen molar-refractivity contribution in [3.8, 4) is 0 Å². The molecule has 5 nitrogen and oxygen atoms in total. The van der Waals surface area contributed by atoms with Crippen molar-refractivity contribution in [2.75, 3.05) is 10.6 Å². The molecule has 0 saturated heterocycles. The fourth-order valence-corrected chi connectivity index (χ4v) is 5.13. The minimum absolute atomic E-state index is 0.335. The lowest BCUT2D eigenvalue weighted by Gasteiger charge is -2.32. The van der Waals surface area contributed by atoms with Gasteiger partial charge < -0.3 is 5.32 Å². The van der Waals surface area contributed by atoms with Gasteiger partial charge in [0.25, 0.3) is 0 Å². The second kappa shape index (κ2) is 10.2. The van der Waals surface area contributed by atoms with E-state index in [0.29, 0.717) is 12.1 Å². The topological polar surface area (TPSA) is 66.5 Å². The van der Waals surface area contributed by atoms with Gasteiger partial charge in [0, 0.05) is 0 Å². The summed E-state index contributed by atoms with van der Waals surface area (Å²) >= 11 is 0. The van der Waals surface area contributed by atoms with E-state index in [1.54, 1.807) is 6.07 Å². The number of hydrogen-bond acceptors (Lipinski definition) is 3. The van der Waals surface area contributed by atoms with Gasteiger partial charge in [-0.05, 0) is 61.6 Å². The third kappa shape index (κ3) is 5.82. The molecule has 0 spiro atoms. The minimum Gasteiger partial charge on any atom is -0.343 e.